The first-order chi connectivity index (χ1) is 61.6. The van der Waals surface area contributed by atoms with Crippen molar-refractivity contribution in [3.05, 3.63) is 173 Å². The average Bonchev–Trinajstić information content (AvgIpc) is 1.70. The van der Waals surface area contributed by atoms with Gasteiger partial charge in [0.15, 0.2) is 45.5 Å². The zero-order chi connectivity index (χ0) is 90.7. The molecule has 0 bridgehead atoms. The zero-order valence-electron chi connectivity index (χ0n) is 79.0. The van der Waals surface area contributed by atoms with E-state index in [-0.39, 0.29) is 40.9 Å². The number of piperazine rings is 4. The highest BCUT2D eigenvalue weighted by Crippen LogP contribution is 2.35. The number of aromatic amines is 6. The number of likely N-dealkylation sites (N-methyl/N-ethyl adjacent to an activating group) is 4. The van der Waals surface area contributed by atoms with E-state index in [4.69, 9.17) is 4.42 Å². The number of anilines is 4. The molecule has 4 fully saturated rings. The van der Waals surface area contributed by atoms with Gasteiger partial charge in [0.05, 0.1) is 6.20 Å². The SMILES string of the molecule is CC(C)CCC(CC(=O)c1cnc(N2CCN(C)C(C)C2)o1)Cc1c[nH]c2ccccc12.CC(C)CCC(CC(=O)c1nc(N2CCN(C)C(C)C2)n[nH]1)Cc1c[nH]c2ccccc12.CC(C)CCC(CC(=O)c1nc(N2CCN(C)C(C)C2)n[nH]1)Cc1c[nH]c2ccccc12.CC(C)CCC(CC(=O)c1nnc(N2CCN(C)C(C)C2)s1)Cc1c[nH]c2ccccc12. The molecular formula is C101H143N21O5S. The summed E-state index contributed by atoms with van der Waals surface area (Å²) in [6.07, 6.45) is 24.2. The normalized spacial score (nSPS) is 18.5. The molecule has 8 unspecified atom stereocenters. The molecule has 12 aromatic rings. The Morgan fingerprint density at radius 1 is 0.391 bits per heavy atom. The highest BCUT2D eigenvalue weighted by molar-refractivity contribution is 7.17. The number of H-pyrrole nitrogens is 6. The van der Waals surface area contributed by atoms with Crippen LogP contribution in [0.1, 0.15) is 224 Å². The van der Waals surface area contributed by atoms with Crippen LogP contribution in [0.25, 0.3) is 43.6 Å². The van der Waals surface area contributed by atoms with Crippen LogP contribution in [0, 0.1) is 47.3 Å². The molecule has 128 heavy (non-hydrogen) atoms. The summed E-state index contributed by atoms with van der Waals surface area (Å²) in [5.74, 6) is 6.37. The summed E-state index contributed by atoms with van der Waals surface area (Å²) in [4.78, 5) is 97.7. The first-order valence-corrected chi connectivity index (χ1v) is 48.2. The molecule has 6 N–H and O–H groups in total. The van der Waals surface area contributed by atoms with Gasteiger partial charge in [0, 0.05) is 197 Å². The number of ketones is 4. The first kappa shape index (κ1) is 95.4. The molecule has 16 rings (SSSR count). The number of nitrogens with zero attached hydrogens (tertiary/aromatic N) is 15. The number of carbonyl (C=O) groups is 4. The van der Waals surface area contributed by atoms with Gasteiger partial charge >= 0.3 is 0 Å². The van der Waals surface area contributed by atoms with E-state index in [1.165, 1.54) is 55.1 Å². The fourth-order valence-corrected chi connectivity index (χ4v) is 19.0. The van der Waals surface area contributed by atoms with Crippen molar-refractivity contribution >= 4 is 101 Å². The van der Waals surface area contributed by atoms with Crippen LogP contribution in [0.2, 0.25) is 0 Å². The van der Waals surface area contributed by atoms with Crippen LogP contribution in [0.4, 0.5) is 23.0 Å². The molecule has 8 atom stereocenters. The van der Waals surface area contributed by atoms with Crippen molar-refractivity contribution in [1.29, 1.82) is 0 Å². The lowest BCUT2D eigenvalue weighted by Gasteiger charge is -2.37. The lowest BCUT2D eigenvalue weighted by molar-refractivity contribution is 0.0925. The zero-order valence-corrected chi connectivity index (χ0v) is 79.8. The van der Waals surface area contributed by atoms with Crippen molar-refractivity contribution in [3.63, 3.8) is 0 Å². The predicted molar refractivity (Wildman–Crippen MR) is 520 cm³/mol. The van der Waals surface area contributed by atoms with Gasteiger partial charge < -0.3 is 63.6 Å². The van der Waals surface area contributed by atoms with Gasteiger partial charge in [-0.25, -0.2) is 4.98 Å². The molecule has 8 aromatic heterocycles. The number of benzene rings is 4. The topological polar surface area (TPSA) is 292 Å². The van der Waals surface area contributed by atoms with E-state index in [1.54, 1.807) is 6.20 Å². The molecule has 0 radical (unpaired) electrons. The number of rotatable bonds is 36. The number of carbonyl (C=O) groups excluding carboxylic acids is 4. The van der Waals surface area contributed by atoms with Gasteiger partial charge in [-0.2, -0.15) is 9.97 Å². The molecule has 4 aliphatic rings. The number of para-hydroxylation sites is 4. The Balaban J connectivity index is 0.000000146. The van der Waals surface area contributed by atoms with Gasteiger partial charge in [0.25, 0.3) is 6.01 Å². The molecule has 688 valence electrons. The van der Waals surface area contributed by atoms with E-state index >= 15 is 0 Å². The van der Waals surface area contributed by atoms with Crippen molar-refractivity contribution in [2.45, 2.75) is 210 Å². The second-order valence-corrected chi connectivity index (χ2v) is 40.0. The summed E-state index contributed by atoms with van der Waals surface area (Å²) in [5.41, 5.74) is 9.76. The van der Waals surface area contributed by atoms with Gasteiger partial charge in [0.2, 0.25) is 17.0 Å². The van der Waals surface area contributed by atoms with Crippen LogP contribution < -0.4 is 19.6 Å². The van der Waals surface area contributed by atoms with Crippen LogP contribution >= 0.6 is 11.3 Å². The number of fused-ring (bicyclic) bond motifs is 4. The van der Waals surface area contributed by atoms with Crippen LogP contribution in [0.3, 0.4) is 0 Å². The Morgan fingerprint density at radius 3 is 1.05 bits per heavy atom. The van der Waals surface area contributed by atoms with E-state index < -0.39 is 0 Å². The first-order valence-electron chi connectivity index (χ1n) is 47.4. The molecule has 4 aliphatic heterocycles. The molecular weight excluding hydrogens is 1620 g/mol. The van der Waals surface area contributed by atoms with Crippen LogP contribution in [-0.4, -0.2) is 239 Å². The number of hydrogen-bond donors (Lipinski definition) is 6. The third kappa shape index (κ3) is 26.1. The van der Waals surface area contributed by atoms with Crippen molar-refractivity contribution in [3.8, 4) is 0 Å². The minimum absolute atomic E-state index is 0.0551. The van der Waals surface area contributed by atoms with Crippen molar-refractivity contribution in [2.75, 3.05) is 126 Å². The third-order valence-electron chi connectivity index (χ3n) is 27.1. The fraction of sp³-hybridized carbons (Fsp3) is 0.554. The highest BCUT2D eigenvalue weighted by atomic mass is 32.1. The highest BCUT2D eigenvalue weighted by Gasteiger charge is 2.33. The maximum absolute atomic E-state index is 13.2. The standard InChI is InChI=1S/C26H36N4O2.2C25H36N6O.C25H35N5OS/c1-18(2)9-10-20(13-21-15-27-23-8-6-5-7-22(21)23)14-24(31)25-16-28-26(32-25)30-12-11-29(4)19(3)17-30;2*1-17(2)9-10-19(13-20-15-26-22-8-6-5-7-21(20)22)14-23(32)24-27-25(29-28-24)31-12-11-30(4)18(3)16-31;1-17(2)9-10-19(13-20-15-26-22-8-6-5-7-21(20)22)14-23(31)24-27-28-25(32-24)30-12-11-29(4)18(3)16-30/h5-8,15-16,18-20,27H,9-14,17H2,1-4H3;2*5-8,15,17-19,26H,9-14,16H2,1-4H3,(H,27,28,29);5-8,15,17-19,26H,9-14,16H2,1-4H3. The summed E-state index contributed by atoms with van der Waals surface area (Å²) in [5, 5.41) is 29.7. The molecule has 4 saturated heterocycles. The second kappa shape index (κ2) is 45.4. The van der Waals surface area contributed by atoms with Gasteiger partial charge in [-0.05, 0) is 201 Å². The fourth-order valence-electron chi connectivity index (χ4n) is 18.2. The summed E-state index contributed by atoms with van der Waals surface area (Å²) in [6, 6.07) is 35.9. The Morgan fingerprint density at radius 2 is 0.703 bits per heavy atom. The molecule has 0 aliphatic carbocycles. The van der Waals surface area contributed by atoms with E-state index in [0.717, 1.165) is 183 Å². The minimum atomic E-state index is 0.0551. The van der Waals surface area contributed by atoms with E-state index in [9.17, 15) is 19.2 Å². The Labute approximate surface area is 761 Å². The quantitative estimate of drug-likeness (QED) is 0.0199. The van der Waals surface area contributed by atoms with Crippen molar-refractivity contribution in [1.82, 2.24) is 85.1 Å². The predicted octanol–water partition coefficient (Wildman–Crippen LogP) is 18.8. The maximum Gasteiger partial charge on any atom is 0.297 e. The Hall–Kier alpha value is -10.2. The van der Waals surface area contributed by atoms with E-state index in [2.05, 4.69) is 320 Å². The summed E-state index contributed by atoms with van der Waals surface area (Å²) >= 11 is 1.46. The van der Waals surface area contributed by atoms with Gasteiger partial charge in [-0.15, -0.1) is 20.4 Å². The average molecular weight is 1760 g/mol. The van der Waals surface area contributed by atoms with Crippen molar-refractivity contribution in [2.24, 2.45) is 47.3 Å². The van der Waals surface area contributed by atoms with Crippen molar-refractivity contribution < 1.29 is 23.6 Å². The summed E-state index contributed by atoms with van der Waals surface area (Å²) < 4.78 is 5.94. The monoisotopic (exact) mass is 1760 g/mol. The summed E-state index contributed by atoms with van der Waals surface area (Å²) in [7, 11) is 8.57. The van der Waals surface area contributed by atoms with Crippen LogP contribution in [0.15, 0.2) is 132 Å². The van der Waals surface area contributed by atoms with Gasteiger partial charge in [0.1, 0.15) is 0 Å². The number of nitrogens with one attached hydrogen (secondary N) is 6. The maximum atomic E-state index is 13.2. The van der Waals surface area contributed by atoms with Gasteiger partial charge in [-0.3, -0.25) is 29.4 Å². The minimum Gasteiger partial charge on any atom is -0.420 e. The van der Waals surface area contributed by atoms with E-state index in [1.807, 2.05) is 18.2 Å². The van der Waals surface area contributed by atoms with E-state index in [0.29, 0.717) is 120 Å². The molecule has 0 saturated carbocycles. The molecule has 12 heterocycles. The lowest BCUT2D eigenvalue weighted by Crippen LogP contribution is -2.50. The Kier molecular flexibility index (Phi) is 33.8. The van der Waals surface area contributed by atoms with Gasteiger partial charge in [-0.1, -0.05) is 165 Å². The smallest absolute Gasteiger partial charge is 0.297 e. The number of aromatic nitrogens is 13. The second-order valence-electron chi connectivity index (χ2n) is 39.1. The molecule has 26 nitrogen and oxygen atoms in total. The van der Waals surface area contributed by atoms with Crippen LogP contribution in [-0.2, 0) is 25.7 Å². The molecule has 0 spiro atoms. The molecule has 27 heteroatoms. The number of oxazole rings is 1. The molecule has 0 amide bonds. The third-order valence-corrected chi connectivity index (χ3v) is 28.1. The number of Topliss-reactive ketones (excluding diaryl/α,β-unsaturated/α-hetero) is 4. The molecule has 4 aromatic carbocycles. The largest absolute Gasteiger partial charge is 0.420 e. The Bertz CT molecular complexity index is 4820. The number of hydrogen-bond acceptors (Lipinski definition) is 21. The summed E-state index contributed by atoms with van der Waals surface area (Å²) in [6.45, 7) is 37.8. The lowest BCUT2D eigenvalue weighted by atomic mass is 9.87. The van der Waals surface area contributed by atoms with Crippen LogP contribution in [0.5, 0.6) is 0 Å².